The second-order valence-electron chi connectivity index (χ2n) is 9.86. The largest absolute Gasteiger partial charge is 0.493 e. The molecule has 0 aromatic heterocycles. The lowest BCUT2D eigenvalue weighted by atomic mass is 9.95. The fourth-order valence-corrected chi connectivity index (χ4v) is 5.65. The minimum atomic E-state index is -1.15. The van der Waals surface area contributed by atoms with Crippen LogP contribution in [0.3, 0.4) is 0 Å². The van der Waals surface area contributed by atoms with E-state index in [-0.39, 0.29) is 12.2 Å². The summed E-state index contributed by atoms with van der Waals surface area (Å²) in [6.45, 7) is 4.03. The number of carbonyl (C=O) groups is 2. The number of allylic oxidation sites excluding steroid dienone is 1. The van der Waals surface area contributed by atoms with Crippen molar-refractivity contribution >= 4 is 63.4 Å². The van der Waals surface area contributed by atoms with E-state index in [1.807, 2.05) is 37.3 Å². The Balaban J connectivity index is 1.38. The Labute approximate surface area is 294 Å². The topological polar surface area (TPSA) is 149 Å². The lowest BCUT2D eigenvalue weighted by molar-refractivity contribution is -0.136. The number of hydrogen-bond acceptors (Lipinski definition) is 10. The van der Waals surface area contributed by atoms with Gasteiger partial charge in [0.1, 0.15) is 13.2 Å². The van der Waals surface area contributed by atoms with E-state index < -0.39 is 24.3 Å². The van der Waals surface area contributed by atoms with Gasteiger partial charge in [-0.2, -0.15) is 5.10 Å². The molecule has 0 aliphatic carbocycles. The predicted octanol–water partition coefficient (Wildman–Crippen LogP) is 5.00. The van der Waals surface area contributed by atoms with Gasteiger partial charge in [0.2, 0.25) is 0 Å². The molecule has 14 heteroatoms. The average molecular weight is 856 g/mol. The van der Waals surface area contributed by atoms with E-state index >= 15 is 0 Å². The van der Waals surface area contributed by atoms with Crippen molar-refractivity contribution in [3.63, 3.8) is 0 Å². The van der Waals surface area contributed by atoms with Crippen LogP contribution in [0.2, 0.25) is 0 Å². The summed E-state index contributed by atoms with van der Waals surface area (Å²) < 4.78 is 30.1. The van der Waals surface area contributed by atoms with Gasteiger partial charge < -0.3 is 39.4 Å². The summed E-state index contributed by atoms with van der Waals surface area (Å²) >= 11 is 4.45. The molecular weight excluding hydrogens is 822 g/mol. The molecule has 0 bridgehead atoms. The van der Waals surface area contributed by atoms with E-state index in [4.69, 9.17) is 23.7 Å². The lowest BCUT2D eigenvalue weighted by Crippen LogP contribution is -2.45. The van der Waals surface area contributed by atoms with Crippen LogP contribution < -0.4 is 35.0 Å². The highest BCUT2D eigenvalue weighted by Crippen LogP contribution is 2.36. The number of nitrogens with one attached hydrogen (secondary N) is 3. The fourth-order valence-electron chi connectivity index (χ4n) is 4.51. The maximum atomic E-state index is 12.5. The van der Waals surface area contributed by atoms with Crippen LogP contribution in [0.4, 0.5) is 4.79 Å². The molecule has 4 N–H and O–H groups in total. The maximum Gasteiger partial charge on any atom is 0.337 e. The molecule has 3 aromatic carbocycles. The van der Waals surface area contributed by atoms with Gasteiger partial charge in [-0.3, -0.25) is 5.43 Å². The average Bonchev–Trinajstić information content (AvgIpc) is 3.03. The molecule has 0 saturated carbocycles. The standard InChI is InChI=1S/C32H34I2N4O8/c1-5-44-25-14-21(29-28(31(40)43-4)18(2)36-32(41)37-29)8-11-24(25)45-17-27(39)38-35-15-20-12-23(34)30(26(13-20)42-3)46-16-19-6-9-22(33)10-7-19/h6-15,27,29,38-39H,5,16-17H2,1-4H3,(H2,36,37,41)/b35-15-/t27-,29-/m0/s1. The number of halogens is 2. The zero-order valence-electron chi connectivity index (χ0n) is 25.6. The van der Waals surface area contributed by atoms with Gasteiger partial charge in [-0.25, -0.2) is 9.59 Å². The van der Waals surface area contributed by atoms with Crippen LogP contribution in [-0.2, 0) is 16.1 Å². The van der Waals surface area contributed by atoms with Gasteiger partial charge in [-0.1, -0.05) is 18.2 Å². The smallest absolute Gasteiger partial charge is 0.337 e. The number of amides is 2. The predicted molar refractivity (Wildman–Crippen MR) is 188 cm³/mol. The molecule has 3 aromatic rings. The molecule has 2 atom stereocenters. The van der Waals surface area contributed by atoms with Gasteiger partial charge in [0.05, 0.1) is 42.2 Å². The molecule has 0 saturated heterocycles. The van der Waals surface area contributed by atoms with Crippen LogP contribution >= 0.6 is 45.2 Å². The minimum absolute atomic E-state index is 0.153. The number of hydrogen-bond donors (Lipinski definition) is 4. The zero-order valence-corrected chi connectivity index (χ0v) is 29.9. The Morgan fingerprint density at radius 3 is 2.50 bits per heavy atom. The first-order valence-corrected chi connectivity index (χ1v) is 16.3. The highest BCUT2D eigenvalue weighted by molar-refractivity contribution is 14.1. The molecule has 4 rings (SSSR count). The van der Waals surface area contributed by atoms with E-state index in [2.05, 4.69) is 66.3 Å². The van der Waals surface area contributed by atoms with Gasteiger partial charge in [-0.15, -0.1) is 0 Å². The minimum Gasteiger partial charge on any atom is -0.493 e. The summed E-state index contributed by atoms with van der Waals surface area (Å²) in [6, 6.07) is 15.6. The summed E-state index contributed by atoms with van der Waals surface area (Å²) in [6.07, 6.45) is 0.405. The Bertz CT molecular complexity index is 1610. The third-order valence-electron chi connectivity index (χ3n) is 6.66. The van der Waals surface area contributed by atoms with Gasteiger partial charge >= 0.3 is 12.0 Å². The summed E-state index contributed by atoms with van der Waals surface area (Å²) in [4.78, 5) is 24.6. The number of methoxy groups -OCH3 is 2. The first-order chi connectivity index (χ1) is 22.1. The third kappa shape index (κ3) is 9.16. The Morgan fingerprint density at radius 1 is 1.04 bits per heavy atom. The van der Waals surface area contributed by atoms with Crippen molar-refractivity contribution in [3.8, 4) is 23.0 Å². The van der Waals surface area contributed by atoms with Crippen LogP contribution in [0.5, 0.6) is 23.0 Å². The lowest BCUT2D eigenvalue weighted by Gasteiger charge is -2.28. The molecule has 1 aliphatic heterocycles. The number of nitrogens with zero attached hydrogens (tertiary/aromatic N) is 1. The van der Waals surface area contributed by atoms with Crippen LogP contribution in [0.25, 0.3) is 0 Å². The number of rotatable bonds is 14. The molecule has 2 amide bonds. The summed E-state index contributed by atoms with van der Waals surface area (Å²) in [5.41, 5.74) is 5.68. The highest BCUT2D eigenvalue weighted by atomic mass is 127. The molecule has 1 aliphatic rings. The Morgan fingerprint density at radius 2 is 1.80 bits per heavy atom. The van der Waals surface area contributed by atoms with Crippen LogP contribution in [0.1, 0.15) is 36.6 Å². The van der Waals surface area contributed by atoms with Crippen LogP contribution in [0, 0.1) is 7.14 Å². The molecule has 1 heterocycles. The van der Waals surface area contributed by atoms with E-state index in [9.17, 15) is 14.7 Å². The summed E-state index contributed by atoms with van der Waals surface area (Å²) in [5, 5.41) is 20.0. The third-order valence-corrected chi connectivity index (χ3v) is 8.18. The molecule has 0 spiro atoms. The normalized spacial score (nSPS) is 15.1. The van der Waals surface area contributed by atoms with Crippen molar-refractivity contribution in [1.29, 1.82) is 0 Å². The number of aliphatic hydroxyl groups is 1. The second kappa shape index (κ2) is 16.7. The van der Waals surface area contributed by atoms with Gasteiger partial charge in [0.15, 0.2) is 29.2 Å². The van der Waals surface area contributed by atoms with E-state index in [0.717, 1.165) is 18.3 Å². The molecule has 0 unspecified atom stereocenters. The van der Waals surface area contributed by atoms with Crippen LogP contribution in [0.15, 0.2) is 71.0 Å². The van der Waals surface area contributed by atoms with Crippen molar-refractivity contribution in [1.82, 2.24) is 16.1 Å². The van der Waals surface area contributed by atoms with Crippen molar-refractivity contribution < 1.29 is 38.4 Å². The number of esters is 1. The quantitative estimate of drug-likeness (QED) is 0.0578. The monoisotopic (exact) mass is 856 g/mol. The van der Waals surface area contributed by atoms with Crippen LogP contribution in [-0.4, -0.2) is 57.0 Å². The van der Waals surface area contributed by atoms with Gasteiger partial charge in [0.25, 0.3) is 0 Å². The van der Waals surface area contributed by atoms with E-state index in [1.54, 1.807) is 44.5 Å². The highest BCUT2D eigenvalue weighted by Gasteiger charge is 2.32. The first-order valence-electron chi connectivity index (χ1n) is 14.1. The van der Waals surface area contributed by atoms with Crippen molar-refractivity contribution in [3.05, 3.63) is 89.7 Å². The van der Waals surface area contributed by atoms with E-state index in [1.165, 1.54) is 7.11 Å². The molecule has 0 radical (unpaired) electrons. The number of carbonyl (C=O) groups excluding carboxylic acids is 2. The van der Waals surface area contributed by atoms with E-state index in [0.29, 0.717) is 47.5 Å². The Kier molecular flexibility index (Phi) is 12.7. The zero-order chi connectivity index (χ0) is 33.2. The molecule has 12 nitrogen and oxygen atoms in total. The van der Waals surface area contributed by atoms with Crippen molar-refractivity contribution in [2.24, 2.45) is 5.10 Å². The number of aliphatic hydroxyl groups excluding tert-OH is 1. The van der Waals surface area contributed by atoms with Crippen molar-refractivity contribution in [2.75, 3.05) is 27.4 Å². The molecule has 244 valence electrons. The fraction of sp³-hybridized carbons (Fsp3) is 0.281. The number of hydrazone groups is 1. The number of benzene rings is 3. The molecule has 46 heavy (non-hydrogen) atoms. The SMILES string of the molecule is CCOc1cc([C@@H]2NC(=O)NC(C)=C2C(=O)OC)ccc1OC[C@H](O)N/N=C\c1cc(I)c(OCc2ccc(I)cc2)c(OC)c1. The van der Waals surface area contributed by atoms with Gasteiger partial charge in [0, 0.05) is 9.27 Å². The number of ether oxygens (including phenoxy) is 5. The number of urea groups is 1. The summed E-state index contributed by atoms with van der Waals surface area (Å²) in [7, 11) is 2.85. The molecular formula is C32H34I2N4O8. The summed E-state index contributed by atoms with van der Waals surface area (Å²) in [5.74, 6) is 1.35. The second-order valence-corrected chi connectivity index (χ2v) is 12.3. The Hall–Kier alpha value is -3.77. The first kappa shape index (κ1) is 35.1. The van der Waals surface area contributed by atoms with Gasteiger partial charge in [-0.05, 0) is 112 Å². The van der Waals surface area contributed by atoms with Crippen molar-refractivity contribution in [2.45, 2.75) is 32.7 Å². The molecule has 0 fully saturated rings. The maximum absolute atomic E-state index is 12.5.